The van der Waals surface area contributed by atoms with Crippen molar-refractivity contribution in [3.05, 3.63) is 12.3 Å². The van der Waals surface area contributed by atoms with E-state index < -0.39 is 0 Å². The van der Waals surface area contributed by atoms with Crippen LogP contribution in [0.4, 0.5) is 0 Å². The number of nitrogens with two attached hydrogens (primary N) is 2. The number of rotatable bonds is 0. The molecule has 0 saturated heterocycles. The van der Waals surface area contributed by atoms with E-state index in [0.717, 1.165) is 0 Å². The summed E-state index contributed by atoms with van der Waals surface area (Å²) in [6.45, 7) is 0. The van der Waals surface area contributed by atoms with Crippen molar-refractivity contribution in [2.45, 2.75) is 0 Å². The van der Waals surface area contributed by atoms with E-state index >= 15 is 0 Å². The Balaban J connectivity index is 0. The molecule has 2 nitrogen and oxygen atoms in total. The van der Waals surface area contributed by atoms with E-state index in [1.165, 1.54) is 0 Å². The van der Waals surface area contributed by atoms with Crippen molar-refractivity contribution >= 4 is 0 Å². The van der Waals surface area contributed by atoms with Crippen molar-refractivity contribution in [2.24, 2.45) is 0 Å². The molecule has 0 aliphatic heterocycles. The van der Waals surface area contributed by atoms with E-state index in [2.05, 4.69) is 0 Å². The van der Waals surface area contributed by atoms with Gasteiger partial charge >= 0.3 is 98.5 Å². The molecular formula is H4CsN2Na. The average Bonchev–Trinajstić information content (AvgIpc) is 0. The maximum Gasteiger partial charge on any atom is 1.00 e. The summed E-state index contributed by atoms with van der Waals surface area (Å²) < 4.78 is 0. The fourth-order valence-corrected chi connectivity index (χ4v) is 0. The van der Waals surface area contributed by atoms with Gasteiger partial charge in [0.05, 0.1) is 0 Å². The summed E-state index contributed by atoms with van der Waals surface area (Å²) in [5, 5.41) is 0. The third kappa shape index (κ3) is 8.88. The van der Waals surface area contributed by atoms with Crippen molar-refractivity contribution < 1.29 is 98.5 Å². The van der Waals surface area contributed by atoms with E-state index in [4.69, 9.17) is 0 Å². The fraction of sp³-hybridized carbons (Fsp3) is 0. The molecule has 4 heteroatoms. The predicted molar refractivity (Wildman–Crippen MR) is 10.6 cm³/mol. The Hall–Kier alpha value is 2.97. The van der Waals surface area contributed by atoms with Crippen LogP contribution in [0.2, 0.25) is 0 Å². The second-order valence-electron chi connectivity index (χ2n) is 0. The van der Waals surface area contributed by atoms with Gasteiger partial charge in [0.25, 0.3) is 0 Å². The first-order valence-electron chi connectivity index (χ1n) is 0. The van der Waals surface area contributed by atoms with Gasteiger partial charge in [-0.2, -0.15) is 0 Å². The third-order valence-corrected chi connectivity index (χ3v) is 0. The Labute approximate surface area is 107 Å². The second kappa shape index (κ2) is 16.7. The molecule has 0 aromatic heterocycles. The Morgan fingerprint density at radius 3 is 0.750 bits per heavy atom. The van der Waals surface area contributed by atoms with Gasteiger partial charge in [0.1, 0.15) is 0 Å². The van der Waals surface area contributed by atoms with Gasteiger partial charge in [0.15, 0.2) is 0 Å². The third-order valence-electron chi connectivity index (χ3n) is 0. The molecule has 0 heterocycles. The molecule has 0 unspecified atom stereocenters. The molecule has 0 saturated carbocycles. The molecule has 0 aromatic rings. The first kappa shape index (κ1) is 28.2. The minimum absolute atomic E-state index is 0. The average molecular weight is 188 g/mol. The molecule has 4 N–H and O–H groups in total. The number of hydrogen-bond acceptors (Lipinski definition) is 0. The Bertz CT molecular complexity index is 6.00. The largest absolute Gasteiger partial charge is 1.00 e. The molecule has 0 bridgehead atoms. The van der Waals surface area contributed by atoms with Crippen molar-refractivity contribution in [3.63, 3.8) is 0 Å². The summed E-state index contributed by atoms with van der Waals surface area (Å²) >= 11 is 0. The minimum Gasteiger partial charge on any atom is -0.693 e. The van der Waals surface area contributed by atoms with Crippen LogP contribution < -0.4 is 98.5 Å². The quantitative estimate of drug-likeness (QED) is 0.343. The zero-order valence-electron chi connectivity index (χ0n) is 3.15. The first-order chi connectivity index (χ1) is 0. The first-order valence-corrected chi connectivity index (χ1v) is 0. The van der Waals surface area contributed by atoms with Crippen LogP contribution in [0, 0.1) is 0 Å². The van der Waals surface area contributed by atoms with Gasteiger partial charge in [-0.15, -0.1) is 0 Å². The van der Waals surface area contributed by atoms with Crippen LogP contribution in [-0.2, 0) is 0 Å². The predicted octanol–water partition coefficient (Wildman–Crippen LogP) is -4.56. The van der Waals surface area contributed by atoms with Crippen LogP contribution in [-0.4, -0.2) is 0 Å². The van der Waals surface area contributed by atoms with E-state index in [1.54, 1.807) is 0 Å². The van der Waals surface area contributed by atoms with E-state index in [9.17, 15) is 0 Å². The molecular weight excluding hydrogens is 184 g/mol. The monoisotopic (exact) mass is 188 g/mol. The molecule has 0 fully saturated rings. The molecule has 0 aliphatic carbocycles. The van der Waals surface area contributed by atoms with Gasteiger partial charge in [-0.25, -0.2) is 0 Å². The van der Waals surface area contributed by atoms with Crippen LogP contribution in [0.25, 0.3) is 12.3 Å². The molecule has 0 spiro atoms. The van der Waals surface area contributed by atoms with Crippen molar-refractivity contribution in [1.82, 2.24) is 0 Å². The summed E-state index contributed by atoms with van der Waals surface area (Å²) in [5.41, 5.74) is 0. The molecule has 0 radical (unpaired) electrons. The molecule has 4 heavy (non-hydrogen) atoms. The smallest absolute Gasteiger partial charge is 0.693 e. The topological polar surface area (TPSA) is 67.0 Å². The van der Waals surface area contributed by atoms with Crippen LogP contribution >= 0.6 is 0 Å². The van der Waals surface area contributed by atoms with Gasteiger partial charge in [-0.05, 0) is 0 Å². The van der Waals surface area contributed by atoms with Gasteiger partial charge < -0.3 is 12.3 Å². The molecule has 0 atom stereocenters. The molecule has 0 aliphatic rings. The zero-order chi connectivity index (χ0) is 0. The van der Waals surface area contributed by atoms with Crippen LogP contribution in [0.3, 0.4) is 0 Å². The summed E-state index contributed by atoms with van der Waals surface area (Å²) in [6, 6.07) is 0. The van der Waals surface area contributed by atoms with Crippen LogP contribution in [0.15, 0.2) is 0 Å². The SMILES string of the molecule is [Cs+].[NH2-].[NH2-].[Na+]. The van der Waals surface area contributed by atoms with Gasteiger partial charge in [0.2, 0.25) is 0 Å². The van der Waals surface area contributed by atoms with E-state index in [-0.39, 0.29) is 111 Å². The van der Waals surface area contributed by atoms with E-state index in [1.807, 2.05) is 0 Å². The summed E-state index contributed by atoms with van der Waals surface area (Å²) in [7, 11) is 0. The Kier molecular flexibility index (Phi) is 118. The molecule has 0 aromatic carbocycles. The van der Waals surface area contributed by atoms with Crippen LogP contribution in [0.1, 0.15) is 0 Å². The summed E-state index contributed by atoms with van der Waals surface area (Å²) in [6.07, 6.45) is 0. The van der Waals surface area contributed by atoms with Crippen molar-refractivity contribution in [2.75, 3.05) is 0 Å². The van der Waals surface area contributed by atoms with E-state index in [0.29, 0.717) is 0 Å². The Morgan fingerprint density at radius 1 is 0.750 bits per heavy atom. The zero-order valence-corrected chi connectivity index (χ0v) is 11.4. The minimum atomic E-state index is 0. The standard InChI is InChI=1S/Cs.2H2N.Na/h;2*1H2;/q+1;2*-1;+1. The van der Waals surface area contributed by atoms with Crippen molar-refractivity contribution in [1.29, 1.82) is 0 Å². The van der Waals surface area contributed by atoms with Gasteiger partial charge in [0, 0.05) is 0 Å². The van der Waals surface area contributed by atoms with Gasteiger partial charge in [-0.3, -0.25) is 0 Å². The fourth-order valence-electron chi connectivity index (χ4n) is 0. The normalized spacial score (nSPS) is 0. The summed E-state index contributed by atoms with van der Waals surface area (Å²) in [4.78, 5) is 0. The van der Waals surface area contributed by atoms with Crippen LogP contribution in [0.5, 0.6) is 0 Å². The molecule has 0 amide bonds. The summed E-state index contributed by atoms with van der Waals surface area (Å²) in [5.74, 6) is 0. The second-order valence-corrected chi connectivity index (χ2v) is 0. The maximum absolute atomic E-state index is 0. The molecule has 16 valence electrons. The maximum atomic E-state index is 0. The van der Waals surface area contributed by atoms with Crippen molar-refractivity contribution in [3.8, 4) is 0 Å². The van der Waals surface area contributed by atoms with Gasteiger partial charge in [-0.1, -0.05) is 0 Å². The Morgan fingerprint density at radius 2 is 0.750 bits per heavy atom. The molecule has 0 rings (SSSR count). The number of hydrogen-bond donors (Lipinski definition) is 0.